The summed E-state index contributed by atoms with van der Waals surface area (Å²) >= 11 is 0. The molecule has 0 spiro atoms. The Labute approximate surface area is 138 Å². The number of benzene rings is 3. The highest BCUT2D eigenvalue weighted by atomic mass is 16.5. The lowest BCUT2D eigenvalue weighted by Gasteiger charge is -2.05. The van der Waals surface area contributed by atoms with E-state index in [0.29, 0.717) is 11.3 Å². The molecule has 0 amide bonds. The Morgan fingerprint density at radius 3 is 1.96 bits per heavy atom. The minimum Gasteiger partial charge on any atom is -0.423 e. The lowest BCUT2D eigenvalue weighted by Crippen LogP contribution is -2.08. The van der Waals surface area contributed by atoms with Crippen LogP contribution in [0.5, 0.6) is 5.75 Å². The normalized spacial score (nSPS) is 10.7. The third-order valence-corrected chi connectivity index (χ3v) is 3.57. The minimum atomic E-state index is -0.397. The number of hydrogen-bond donors (Lipinski definition) is 0. The Morgan fingerprint density at radius 1 is 0.750 bits per heavy atom. The highest BCUT2D eigenvalue weighted by Crippen LogP contribution is 2.15. The van der Waals surface area contributed by atoms with Crippen molar-refractivity contribution in [3.05, 3.63) is 84.4 Å². The Hall–Kier alpha value is -3.47. The quantitative estimate of drug-likeness (QED) is 0.428. The molecule has 116 valence electrons. The summed E-state index contributed by atoms with van der Waals surface area (Å²) in [5, 5.41) is 8.83. The number of fused-ring (bicyclic) bond motifs is 1. The van der Waals surface area contributed by atoms with Gasteiger partial charge in [-0.25, -0.2) is 4.79 Å². The van der Waals surface area contributed by atoms with Crippen LogP contribution in [0.15, 0.2) is 78.9 Å². The molecule has 0 radical (unpaired) electrons. The Balaban J connectivity index is 1.57. The van der Waals surface area contributed by atoms with Crippen molar-refractivity contribution in [2.45, 2.75) is 0 Å². The zero-order valence-electron chi connectivity index (χ0n) is 12.7. The molecule has 5 nitrogen and oxygen atoms in total. The third kappa shape index (κ3) is 2.75. The van der Waals surface area contributed by atoms with Crippen LogP contribution >= 0.6 is 0 Å². The van der Waals surface area contributed by atoms with Gasteiger partial charge in [0, 0.05) is 0 Å². The summed E-state index contributed by atoms with van der Waals surface area (Å²) in [5.41, 5.74) is 2.90. The van der Waals surface area contributed by atoms with Gasteiger partial charge in [0.2, 0.25) is 0 Å². The van der Waals surface area contributed by atoms with Crippen molar-refractivity contribution in [3.8, 4) is 11.4 Å². The van der Waals surface area contributed by atoms with Gasteiger partial charge in [-0.1, -0.05) is 30.3 Å². The zero-order valence-corrected chi connectivity index (χ0v) is 12.7. The number of hydrogen-bond acceptors (Lipinski definition) is 4. The van der Waals surface area contributed by atoms with Gasteiger partial charge in [-0.05, 0) is 48.5 Å². The van der Waals surface area contributed by atoms with E-state index in [1.54, 1.807) is 41.2 Å². The number of carbonyl (C=O) groups excluding carboxylic acids is 1. The molecule has 0 atom stereocenters. The van der Waals surface area contributed by atoms with Gasteiger partial charge in [0.15, 0.2) is 0 Å². The van der Waals surface area contributed by atoms with E-state index >= 15 is 0 Å². The zero-order chi connectivity index (χ0) is 16.4. The van der Waals surface area contributed by atoms with Gasteiger partial charge in [0.05, 0.1) is 11.3 Å². The predicted octanol–water partition coefficient (Wildman–Crippen LogP) is 3.64. The Morgan fingerprint density at radius 2 is 1.33 bits per heavy atom. The molecule has 0 aliphatic rings. The summed E-state index contributed by atoms with van der Waals surface area (Å²) in [6.45, 7) is 0. The van der Waals surface area contributed by atoms with Gasteiger partial charge < -0.3 is 4.74 Å². The minimum absolute atomic E-state index is 0.397. The second-order valence-corrected chi connectivity index (χ2v) is 5.23. The molecule has 0 aliphatic carbocycles. The third-order valence-electron chi connectivity index (χ3n) is 3.57. The van der Waals surface area contributed by atoms with E-state index in [4.69, 9.17) is 4.74 Å². The maximum atomic E-state index is 12.1. The molecular weight excluding hydrogens is 302 g/mol. The number of carbonyl (C=O) groups is 1. The molecule has 0 fully saturated rings. The topological polar surface area (TPSA) is 57.0 Å². The second kappa shape index (κ2) is 5.96. The van der Waals surface area contributed by atoms with Gasteiger partial charge in [-0.15, -0.1) is 10.2 Å². The fourth-order valence-corrected chi connectivity index (χ4v) is 2.36. The molecule has 4 aromatic rings. The van der Waals surface area contributed by atoms with Crippen LogP contribution in [-0.4, -0.2) is 21.0 Å². The van der Waals surface area contributed by atoms with Gasteiger partial charge in [-0.2, -0.15) is 4.80 Å². The van der Waals surface area contributed by atoms with Crippen LogP contribution in [0.3, 0.4) is 0 Å². The molecule has 1 heterocycles. The number of aromatic nitrogens is 3. The van der Waals surface area contributed by atoms with E-state index in [1.807, 2.05) is 42.5 Å². The van der Waals surface area contributed by atoms with Crippen molar-refractivity contribution in [1.29, 1.82) is 0 Å². The van der Waals surface area contributed by atoms with Crippen LogP contribution in [0.2, 0.25) is 0 Å². The molecule has 0 unspecified atom stereocenters. The Bertz CT molecular complexity index is 959. The summed E-state index contributed by atoms with van der Waals surface area (Å²) in [7, 11) is 0. The maximum absolute atomic E-state index is 12.1. The van der Waals surface area contributed by atoms with E-state index in [9.17, 15) is 4.79 Å². The number of nitrogens with zero attached hydrogens (tertiary/aromatic N) is 3. The lowest BCUT2D eigenvalue weighted by atomic mass is 10.2. The van der Waals surface area contributed by atoms with Crippen molar-refractivity contribution in [3.63, 3.8) is 0 Å². The molecule has 0 saturated heterocycles. The number of esters is 1. The molecule has 0 N–H and O–H groups in total. The number of ether oxygens (including phenoxy) is 1. The van der Waals surface area contributed by atoms with Crippen LogP contribution in [0.4, 0.5) is 0 Å². The SMILES string of the molecule is O=C(Oc1ccccc1)c1ccc(-n2nc3ccccc3n2)cc1. The first-order chi connectivity index (χ1) is 11.8. The summed E-state index contributed by atoms with van der Waals surface area (Å²) in [6.07, 6.45) is 0. The summed E-state index contributed by atoms with van der Waals surface area (Å²) in [4.78, 5) is 13.7. The molecule has 1 aromatic heterocycles. The van der Waals surface area contributed by atoms with Crippen molar-refractivity contribution in [1.82, 2.24) is 15.0 Å². The van der Waals surface area contributed by atoms with Gasteiger partial charge >= 0.3 is 5.97 Å². The summed E-state index contributed by atoms with van der Waals surface area (Å²) in [6, 6.07) is 23.6. The van der Waals surface area contributed by atoms with Gasteiger partial charge in [0.25, 0.3) is 0 Å². The van der Waals surface area contributed by atoms with Crippen molar-refractivity contribution >= 4 is 17.0 Å². The molecule has 0 aliphatic heterocycles. The highest BCUT2D eigenvalue weighted by molar-refractivity contribution is 5.91. The van der Waals surface area contributed by atoms with E-state index in [1.165, 1.54) is 0 Å². The molecule has 0 saturated carbocycles. The second-order valence-electron chi connectivity index (χ2n) is 5.23. The van der Waals surface area contributed by atoms with Crippen LogP contribution in [-0.2, 0) is 0 Å². The first-order valence-corrected chi connectivity index (χ1v) is 7.49. The van der Waals surface area contributed by atoms with E-state index in [2.05, 4.69) is 10.2 Å². The fraction of sp³-hybridized carbons (Fsp3) is 0. The van der Waals surface area contributed by atoms with Gasteiger partial charge in [0.1, 0.15) is 16.8 Å². The number of para-hydroxylation sites is 1. The highest BCUT2D eigenvalue weighted by Gasteiger charge is 2.09. The van der Waals surface area contributed by atoms with E-state index in [-0.39, 0.29) is 0 Å². The van der Waals surface area contributed by atoms with Crippen LogP contribution < -0.4 is 4.74 Å². The van der Waals surface area contributed by atoms with Crippen LogP contribution in [0.25, 0.3) is 16.7 Å². The van der Waals surface area contributed by atoms with Crippen molar-refractivity contribution in [2.24, 2.45) is 0 Å². The monoisotopic (exact) mass is 315 g/mol. The predicted molar refractivity (Wildman–Crippen MR) is 90.3 cm³/mol. The summed E-state index contributed by atoms with van der Waals surface area (Å²) < 4.78 is 5.32. The average Bonchev–Trinajstić information content (AvgIpc) is 3.07. The number of rotatable bonds is 3. The molecule has 3 aromatic carbocycles. The molecule has 5 heteroatoms. The lowest BCUT2D eigenvalue weighted by molar-refractivity contribution is 0.0735. The average molecular weight is 315 g/mol. The van der Waals surface area contributed by atoms with Crippen LogP contribution in [0, 0.1) is 0 Å². The Kier molecular flexibility index (Phi) is 3.51. The van der Waals surface area contributed by atoms with Crippen molar-refractivity contribution in [2.75, 3.05) is 0 Å². The summed E-state index contributed by atoms with van der Waals surface area (Å²) in [5.74, 6) is 0.123. The molecule has 4 rings (SSSR count). The van der Waals surface area contributed by atoms with E-state index < -0.39 is 5.97 Å². The van der Waals surface area contributed by atoms with E-state index in [0.717, 1.165) is 16.7 Å². The van der Waals surface area contributed by atoms with Crippen LogP contribution in [0.1, 0.15) is 10.4 Å². The standard InChI is InChI=1S/C19H13N3O2/c23-19(24-16-6-2-1-3-7-16)14-10-12-15(13-11-14)22-20-17-8-4-5-9-18(17)21-22/h1-13H. The largest absolute Gasteiger partial charge is 0.423 e. The smallest absolute Gasteiger partial charge is 0.343 e. The molecular formula is C19H13N3O2. The molecule has 24 heavy (non-hydrogen) atoms. The molecule has 0 bridgehead atoms. The first-order valence-electron chi connectivity index (χ1n) is 7.49. The van der Waals surface area contributed by atoms with Gasteiger partial charge in [-0.3, -0.25) is 0 Å². The fourth-order valence-electron chi connectivity index (χ4n) is 2.36. The maximum Gasteiger partial charge on any atom is 0.343 e. The first kappa shape index (κ1) is 14.1. The van der Waals surface area contributed by atoms with Crippen molar-refractivity contribution < 1.29 is 9.53 Å².